The highest BCUT2D eigenvalue weighted by Gasteiger charge is 2.53. The van der Waals surface area contributed by atoms with Crippen molar-refractivity contribution in [1.29, 1.82) is 0 Å². The number of likely N-dealkylation sites (N-methyl/N-ethyl adjacent to an activating group) is 1. The van der Waals surface area contributed by atoms with Crippen LogP contribution in [-0.4, -0.2) is 178 Å². The molecule has 3 aliphatic heterocycles. The average molecular weight is 961 g/mol. The van der Waals surface area contributed by atoms with E-state index in [1.54, 1.807) is 41.5 Å². The van der Waals surface area contributed by atoms with E-state index in [1.807, 2.05) is 87.1 Å². The van der Waals surface area contributed by atoms with E-state index >= 15 is 0 Å². The van der Waals surface area contributed by atoms with Gasteiger partial charge in [-0.15, -0.1) is 0 Å². The average Bonchev–Trinajstić information content (AvgIpc) is 3.28. The number of cyclic esters (lactones) is 1. The number of fused-ring (bicyclic) bond motifs is 1. The van der Waals surface area contributed by atoms with E-state index in [9.17, 15) is 35.1 Å². The summed E-state index contributed by atoms with van der Waals surface area (Å²) in [4.78, 5) is 31.5. The lowest BCUT2D eigenvalue weighted by Crippen LogP contribution is -2.60. The predicted molar refractivity (Wildman–Crippen MR) is 259 cm³/mol. The SMILES string of the molecule is CC[C@H]1OC(=O)[C@H](C)[C@@H](O[C@H]2C[C@@](C)(OC)[C@@H](O)[C@H](C)O2)[C@H](C)[C@@H](O[C@@H]2O[C@H](C)C[C@H](N(C)C)[C@H]2O)[C@](C)(O)C[C@@H](C)CN(CCCNC(=O)Nc2ccc3ccccc3c2)[C@H](C)[C@@H](O)[C@]1(C)O. The van der Waals surface area contributed by atoms with Crippen molar-refractivity contribution < 1.29 is 63.5 Å². The van der Waals surface area contributed by atoms with Crippen molar-refractivity contribution in [3.05, 3.63) is 42.5 Å². The van der Waals surface area contributed by atoms with Gasteiger partial charge in [-0.25, -0.2) is 4.79 Å². The zero-order chi connectivity index (χ0) is 50.5. The number of hydrogen-bond acceptors (Lipinski definition) is 15. The highest BCUT2D eigenvalue weighted by molar-refractivity contribution is 5.93. The number of carbonyl (C=O) groups is 2. The normalized spacial score (nSPS) is 40.6. The van der Waals surface area contributed by atoms with Crippen LogP contribution in [0.1, 0.15) is 101 Å². The number of aliphatic hydroxyl groups is 5. The molecule has 0 spiro atoms. The molecule has 5 rings (SSSR count). The number of aliphatic hydroxyl groups excluding tert-OH is 3. The molecule has 3 aliphatic rings. The minimum atomic E-state index is -1.92. The maximum atomic E-state index is 14.6. The second-order valence-electron chi connectivity index (χ2n) is 21.0. The molecule has 2 aromatic rings. The highest BCUT2D eigenvalue weighted by atomic mass is 16.7. The molecular weight excluding hydrogens is 877 g/mol. The standard InChI is InChI=1S/C51H84N4O13/c1-14-39-51(10,62)43(57)33(6)55(23-17-22-52-48(60)53-37-21-20-35-18-15-16-19-36(35)25-37)28-29(2)26-49(8,61)45(68-47-41(56)38(54(11)12)24-30(3)64-47)31(4)42(32(5)46(59)66-39)67-40-27-50(9,63-13)44(58)34(7)65-40/h15-16,18-21,25,29-34,38-45,47,56-58,61-62H,14,17,22-24,26-28H2,1-13H3,(H2,52,53,60)/t29-,30-,31+,32-,33-,34+,38+,39-,40+,41-,42+,43-,44+,45-,47+,49-,50-,51-/m1/s1. The summed E-state index contributed by atoms with van der Waals surface area (Å²) in [5.41, 5.74) is -3.99. The van der Waals surface area contributed by atoms with E-state index in [-0.39, 0.29) is 43.4 Å². The minimum Gasteiger partial charge on any atom is -0.459 e. The van der Waals surface area contributed by atoms with E-state index in [0.29, 0.717) is 38.2 Å². The summed E-state index contributed by atoms with van der Waals surface area (Å²) in [6.45, 7) is 18.5. The fourth-order valence-corrected chi connectivity index (χ4v) is 10.8. The molecular formula is C51H84N4O13. The number of carbonyl (C=O) groups excluding carboxylic acids is 2. The van der Waals surface area contributed by atoms with Crippen LogP contribution >= 0.6 is 0 Å². The molecule has 3 fully saturated rings. The fraction of sp³-hybridized carbons (Fsp3) is 0.765. The Hall–Kier alpha value is -3.04. The van der Waals surface area contributed by atoms with Crippen molar-refractivity contribution >= 4 is 28.5 Å². The van der Waals surface area contributed by atoms with Crippen molar-refractivity contribution in [2.24, 2.45) is 17.8 Å². The molecule has 0 bridgehead atoms. The maximum Gasteiger partial charge on any atom is 0.319 e. The summed E-state index contributed by atoms with van der Waals surface area (Å²) < 4.78 is 38.1. The number of anilines is 1. The van der Waals surface area contributed by atoms with Gasteiger partial charge >= 0.3 is 12.0 Å². The molecule has 3 heterocycles. The maximum absolute atomic E-state index is 14.6. The number of esters is 1. The molecule has 386 valence electrons. The summed E-state index contributed by atoms with van der Waals surface area (Å²) in [6.07, 6.45) is -8.57. The van der Waals surface area contributed by atoms with Crippen molar-refractivity contribution in [2.75, 3.05) is 46.2 Å². The number of ether oxygens (including phenoxy) is 6. The van der Waals surface area contributed by atoms with Crippen LogP contribution in [0.2, 0.25) is 0 Å². The van der Waals surface area contributed by atoms with Gasteiger partial charge in [0.15, 0.2) is 12.6 Å². The van der Waals surface area contributed by atoms with Crippen molar-refractivity contribution in [2.45, 2.75) is 192 Å². The van der Waals surface area contributed by atoms with Crippen LogP contribution in [0, 0.1) is 17.8 Å². The van der Waals surface area contributed by atoms with Gasteiger partial charge in [-0.1, -0.05) is 51.1 Å². The Labute approximate surface area is 404 Å². The largest absolute Gasteiger partial charge is 0.459 e. The van der Waals surface area contributed by atoms with Crippen molar-refractivity contribution in [3.8, 4) is 0 Å². The third-order valence-electron chi connectivity index (χ3n) is 14.9. The fourth-order valence-electron chi connectivity index (χ4n) is 10.8. The number of hydrogen-bond donors (Lipinski definition) is 7. The second-order valence-corrected chi connectivity index (χ2v) is 21.0. The summed E-state index contributed by atoms with van der Waals surface area (Å²) in [7, 11) is 5.26. The van der Waals surface area contributed by atoms with Gasteiger partial charge in [0, 0.05) is 56.9 Å². The Bertz CT molecular complexity index is 1940. The number of urea groups is 1. The summed E-state index contributed by atoms with van der Waals surface area (Å²) in [5.74, 6) is -2.88. The highest BCUT2D eigenvalue weighted by Crippen LogP contribution is 2.40. The van der Waals surface area contributed by atoms with Crippen LogP contribution < -0.4 is 10.6 Å². The Morgan fingerprint density at radius 1 is 0.926 bits per heavy atom. The van der Waals surface area contributed by atoms with Crippen LogP contribution in [0.4, 0.5) is 10.5 Å². The molecule has 7 N–H and O–H groups in total. The molecule has 0 aliphatic carbocycles. The van der Waals surface area contributed by atoms with E-state index < -0.39 is 96.0 Å². The molecule has 2 amide bonds. The molecule has 68 heavy (non-hydrogen) atoms. The monoisotopic (exact) mass is 961 g/mol. The van der Waals surface area contributed by atoms with Gasteiger partial charge in [-0.2, -0.15) is 0 Å². The van der Waals surface area contributed by atoms with E-state index in [1.165, 1.54) is 14.0 Å². The van der Waals surface area contributed by atoms with Crippen LogP contribution in [-0.2, 0) is 33.2 Å². The second kappa shape index (κ2) is 23.5. The van der Waals surface area contributed by atoms with Gasteiger partial charge < -0.3 is 69.5 Å². The molecule has 2 aromatic carbocycles. The molecule has 0 unspecified atom stereocenters. The van der Waals surface area contributed by atoms with Gasteiger partial charge in [0.05, 0.1) is 41.5 Å². The topological polar surface area (TPSA) is 221 Å². The third-order valence-corrected chi connectivity index (χ3v) is 14.9. The first-order chi connectivity index (χ1) is 31.8. The number of methoxy groups -OCH3 is 1. The first-order valence-electron chi connectivity index (χ1n) is 24.6. The number of benzene rings is 2. The quantitative estimate of drug-likeness (QED) is 0.114. The Morgan fingerprint density at radius 2 is 1.60 bits per heavy atom. The smallest absolute Gasteiger partial charge is 0.319 e. The molecule has 0 saturated carbocycles. The lowest BCUT2D eigenvalue weighted by Gasteiger charge is -2.48. The number of amides is 2. The lowest BCUT2D eigenvalue weighted by molar-refractivity contribution is -0.318. The van der Waals surface area contributed by atoms with Crippen LogP contribution in [0.3, 0.4) is 0 Å². The van der Waals surface area contributed by atoms with Gasteiger partial charge in [0.1, 0.15) is 30.0 Å². The first kappa shape index (κ1) is 55.9. The van der Waals surface area contributed by atoms with E-state index in [0.717, 1.165) is 10.8 Å². The first-order valence-corrected chi connectivity index (χ1v) is 24.6. The Morgan fingerprint density at radius 3 is 2.25 bits per heavy atom. The van der Waals surface area contributed by atoms with E-state index in [2.05, 4.69) is 10.6 Å². The third kappa shape index (κ3) is 13.3. The zero-order valence-corrected chi connectivity index (χ0v) is 42.8. The number of nitrogens with zero attached hydrogens (tertiary/aromatic N) is 2. The van der Waals surface area contributed by atoms with Gasteiger partial charge in [0.25, 0.3) is 0 Å². The Balaban J connectivity index is 1.47. The minimum absolute atomic E-state index is 0.0995. The molecule has 18 atom stereocenters. The molecule has 17 heteroatoms. The van der Waals surface area contributed by atoms with Crippen molar-refractivity contribution in [3.63, 3.8) is 0 Å². The molecule has 0 radical (unpaired) electrons. The van der Waals surface area contributed by atoms with Crippen LogP contribution in [0.25, 0.3) is 10.8 Å². The molecule has 0 aromatic heterocycles. The number of nitrogens with one attached hydrogen (secondary N) is 2. The van der Waals surface area contributed by atoms with Gasteiger partial charge in [-0.3, -0.25) is 9.69 Å². The predicted octanol–water partition coefficient (Wildman–Crippen LogP) is 4.64. The summed E-state index contributed by atoms with van der Waals surface area (Å²) >= 11 is 0. The zero-order valence-electron chi connectivity index (χ0n) is 42.8. The lowest BCUT2D eigenvalue weighted by atomic mass is 9.77. The summed E-state index contributed by atoms with van der Waals surface area (Å²) in [5, 5.41) is 67.9. The summed E-state index contributed by atoms with van der Waals surface area (Å²) in [6, 6.07) is 12.2. The molecule has 17 nitrogen and oxygen atoms in total. The van der Waals surface area contributed by atoms with Crippen LogP contribution in [0.5, 0.6) is 0 Å². The Kier molecular flexibility index (Phi) is 19.3. The molecule has 3 saturated heterocycles. The van der Waals surface area contributed by atoms with E-state index in [4.69, 9.17) is 28.4 Å². The van der Waals surface area contributed by atoms with Crippen LogP contribution in [0.15, 0.2) is 42.5 Å². The van der Waals surface area contributed by atoms with Crippen molar-refractivity contribution in [1.82, 2.24) is 15.1 Å². The van der Waals surface area contributed by atoms with Gasteiger partial charge in [0.2, 0.25) is 0 Å². The number of rotatable bonds is 12. The van der Waals surface area contributed by atoms with Gasteiger partial charge in [-0.05, 0) is 117 Å².